The molecule has 0 spiro atoms. The molecule has 1 aliphatic rings. The molecule has 0 fully saturated rings. The summed E-state index contributed by atoms with van der Waals surface area (Å²) in [6.07, 6.45) is 0.424. The predicted octanol–water partition coefficient (Wildman–Crippen LogP) is 1.71. The summed E-state index contributed by atoms with van der Waals surface area (Å²) in [5, 5.41) is 17.8. The molecule has 3 aromatic rings. The van der Waals surface area contributed by atoms with Crippen LogP contribution in [-0.2, 0) is 24.3 Å². The van der Waals surface area contributed by atoms with E-state index in [4.69, 9.17) is 9.63 Å². The van der Waals surface area contributed by atoms with Crippen molar-refractivity contribution in [1.29, 1.82) is 0 Å². The van der Waals surface area contributed by atoms with Crippen LogP contribution in [0, 0.1) is 13.8 Å². The van der Waals surface area contributed by atoms with Crippen LogP contribution in [0.3, 0.4) is 0 Å². The molecule has 4 heterocycles. The summed E-state index contributed by atoms with van der Waals surface area (Å²) < 4.78 is 7.07. The number of carboxylic acid groups (broad SMARTS) is 1. The lowest BCUT2D eigenvalue weighted by Crippen LogP contribution is -2.38. The van der Waals surface area contributed by atoms with E-state index in [-0.39, 0.29) is 12.3 Å². The standard InChI is InChI=1S/C18H19N5O4/c1-10-7-14(16-11(2)21-27-17(16)19-10)18(26)22-5-6-23-13(9-22)8-12(20-23)3-4-15(24)25/h7-8H,3-6,9H2,1-2H3,(H,24,25). The van der Waals surface area contributed by atoms with Gasteiger partial charge in [-0.25, -0.2) is 4.98 Å². The fraction of sp³-hybridized carbons (Fsp3) is 0.389. The van der Waals surface area contributed by atoms with E-state index in [1.165, 1.54) is 0 Å². The molecule has 0 aromatic carbocycles. The Labute approximate surface area is 154 Å². The van der Waals surface area contributed by atoms with E-state index >= 15 is 0 Å². The van der Waals surface area contributed by atoms with Crippen LogP contribution < -0.4 is 0 Å². The van der Waals surface area contributed by atoms with Crippen molar-refractivity contribution in [2.45, 2.75) is 39.8 Å². The highest BCUT2D eigenvalue weighted by Gasteiger charge is 2.26. The Morgan fingerprint density at radius 3 is 2.85 bits per heavy atom. The number of carbonyl (C=O) groups excluding carboxylic acids is 1. The maximum Gasteiger partial charge on any atom is 0.303 e. The Bertz CT molecular complexity index is 1050. The molecule has 4 rings (SSSR count). The topological polar surface area (TPSA) is 114 Å². The van der Waals surface area contributed by atoms with E-state index in [1.807, 2.05) is 17.7 Å². The van der Waals surface area contributed by atoms with Gasteiger partial charge in [-0.1, -0.05) is 5.16 Å². The Morgan fingerprint density at radius 1 is 1.26 bits per heavy atom. The summed E-state index contributed by atoms with van der Waals surface area (Å²) in [7, 11) is 0. The third-order valence-corrected chi connectivity index (χ3v) is 4.71. The van der Waals surface area contributed by atoms with Gasteiger partial charge in [0.05, 0.1) is 47.5 Å². The summed E-state index contributed by atoms with van der Waals surface area (Å²) in [5.74, 6) is -0.949. The van der Waals surface area contributed by atoms with Crippen molar-refractivity contribution in [3.8, 4) is 0 Å². The van der Waals surface area contributed by atoms with Gasteiger partial charge in [-0.15, -0.1) is 0 Å². The third kappa shape index (κ3) is 3.16. The van der Waals surface area contributed by atoms with Crippen molar-refractivity contribution >= 4 is 23.0 Å². The average Bonchev–Trinajstić information content (AvgIpc) is 3.21. The van der Waals surface area contributed by atoms with E-state index in [9.17, 15) is 9.59 Å². The maximum absolute atomic E-state index is 13.2. The van der Waals surface area contributed by atoms with Crippen LogP contribution in [0.2, 0.25) is 0 Å². The lowest BCUT2D eigenvalue weighted by Gasteiger charge is -2.28. The molecule has 1 aliphatic heterocycles. The molecule has 0 atom stereocenters. The number of hydrogen-bond donors (Lipinski definition) is 1. The minimum Gasteiger partial charge on any atom is -0.481 e. The summed E-state index contributed by atoms with van der Waals surface area (Å²) in [4.78, 5) is 30.0. The fourth-order valence-electron chi connectivity index (χ4n) is 3.41. The number of aryl methyl sites for hydroxylation is 3. The van der Waals surface area contributed by atoms with Gasteiger partial charge in [0, 0.05) is 18.7 Å². The zero-order chi connectivity index (χ0) is 19.1. The zero-order valence-corrected chi connectivity index (χ0v) is 15.1. The van der Waals surface area contributed by atoms with E-state index < -0.39 is 5.97 Å². The van der Waals surface area contributed by atoms with Gasteiger partial charge in [0.1, 0.15) is 0 Å². The molecule has 0 radical (unpaired) electrons. The average molecular weight is 369 g/mol. The van der Waals surface area contributed by atoms with Crippen molar-refractivity contribution in [2.24, 2.45) is 0 Å². The van der Waals surface area contributed by atoms with Crippen LogP contribution >= 0.6 is 0 Å². The van der Waals surface area contributed by atoms with Gasteiger partial charge < -0.3 is 14.5 Å². The van der Waals surface area contributed by atoms with Gasteiger partial charge in [-0.3, -0.25) is 14.3 Å². The summed E-state index contributed by atoms with van der Waals surface area (Å²) in [6.45, 7) is 5.13. The first-order chi connectivity index (χ1) is 12.9. The number of aliphatic carboxylic acids is 1. The van der Waals surface area contributed by atoms with Gasteiger partial charge in [-0.2, -0.15) is 5.10 Å². The molecule has 0 bridgehead atoms. The molecule has 3 aromatic heterocycles. The molecule has 1 N–H and O–H groups in total. The first-order valence-electron chi connectivity index (χ1n) is 8.72. The van der Waals surface area contributed by atoms with E-state index in [0.717, 1.165) is 11.4 Å². The molecule has 0 saturated carbocycles. The number of fused-ring (bicyclic) bond motifs is 2. The quantitative estimate of drug-likeness (QED) is 0.744. The highest BCUT2D eigenvalue weighted by molar-refractivity contribution is 6.06. The zero-order valence-electron chi connectivity index (χ0n) is 15.1. The Kier molecular flexibility index (Phi) is 4.14. The van der Waals surface area contributed by atoms with Crippen molar-refractivity contribution in [3.63, 3.8) is 0 Å². The molecule has 9 heteroatoms. The van der Waals surface area contributed by atoms with Crippen molar-refractivity contribution in [2.75, 3.05) is 6.54 Å². The molecule has 0 unspecified atom stereocenters. The van der Waals surface area contributed by atoms with E-state index in [1.54, 1.807) is 17.9 Å². The maximum atomic E-state index is 13.2. The van der Waals surface area contributed by atoms with E-state index in [0.29, 0.717) is 54.1 Å². The molecular formula is C18H19N5O4. The monoisotopic (exact) mass is 369 g/mol. The first-order valence-corrected chi connectivity index (χ1v) is 8.72. The number of carboxylic acids is 1. The SMILES string of the molecule is Cc1cc(C(=O)N2CCn3nc(CCC(=O)O)cc3C2)c2c(C)noc2n1. The van der Waals surface area contributed by atoms with Gasteiger partial charge in [-0.05, 0) is 26.0 Å². The van der Waals surface area contributed by atoms with Crippen LogP contribution in [0.4, 0.5) is 0 Å². The van der Waals surface area contributed by atoms with E-state index in [2.05, 4.69) is 15.2 Å². The lowest BCUT2D eigenvalue weighted by molar-refractivity contribution is -0.136. The van der Waals surface area contributed by atoms with Gasteiger partial charge >= 0.3 is 5.97 Å². The Balaban J connectivity index is 1.60. The number of pyridine rings is 1. The number of hydrogen-bond acceptors (Lipinski definition) is 6. The van der Waals surface area contributed by atoms with Crippen LogP contribution in [0.25, 0.3) is 11.1 Å². The van der Waals surface area contributed by atoms with Crippen LogP contribution in [0.15, 0.2) is 16.7 Å². The van der Waals surface area contributed by atoms with Gasteiger partial charge in [0.25, 0.3) is 11.6 Å². The second-order valence-electron chi connectivity index (χ2n) is 6.73. The summed E-state index contributed by atoms with van der Waals surface area (Å²) in [6, 6.07) is 3.64. The number of nitrogens with zero attached hydrogens (tertiary/aromatic N) is 5. The van der Waals surface area contributed by atoms with Crippen LogP contribution in [0.1, 0.15) is 39.6 Å². The predicted molar refractivity (Wildman–Crippen MR) is 94.2 cm³/mol. The second kappa shape index (κ2) is 6.49. The molecule has 0 aliphatic carbocycles. The van der Waals surface area contributed by atoms with Crippen molar-refractivity contribution in [1.82, 2.24) is 24.8 Å². The normalized spacial score (nSPS) is 13.8. The molecule has 0 saturated heterocycles. The largest absolute Gasteiger partial charge is 0.481 e. The second-order valence-corrected chi connectivity index (χ2v) is 6.73. The van der Waals surface area contributed by atoms with Crippen LogP contribution in [0.5, 0.6) is 0 Å². The molecule has 1 amide bonds. The third-order valence-electron chi connectivity index (χ3n) is 4.71. The molecule has 9 nitrogen and oxygen atoms in total. The van der Waals surface area contributed by atoms with Gasteiger partial charge in [0.15, 0.2) is 0 Å². The molecular weight excluding hydrogens is 350 g/mol. The Hall–Kier alpha value is -3.23. The number of carbonyl (C=O) groups is 2. The molecule has 140 valence electrons. The summed E-state index contributed by atoms with van der Waals surface area (Å²) >= 11 is 0. The fourth-order valence-corrected chi connectivity index (χ4v) is 3.41. The highest BCUT2D eigenvalue weighted by Crippen LogP contribution is 2.25. The van der Waals surface area contributed by atoms with Crippen molar-refractivity contribution in [3.05, 3.63) is 40.5 Å². The highest BCUT2D eigenvalue weighted by atomic mass is 16.5. The van der Waals surface area contributed by atoms with Crippen molar-refractivity contribution < 1.29 is 19.2 Å². The lowest BCUT2D eigenvalue weighted by atomic mass is 10.1. The van der Waals surface area contributed by atoms with Gasteiger partial charge in [0.2, 0.25) is 0 Å². The summed E-state index contributed by atoms with van der Waals surface area (Å²) in [5.41, 5.74) is 3.88. The smallest absolute Gasteiger partial charge is 0.303 e. The number of rotatable bonds is 4. The molecule has 27 heavy (non-hydrogen) atoms. The number of amides is 1. The van der Waals surface area contributed by atoms with Crippen LogP contribution in [-0.4, -0.2) is 48.3 Å². The Morgan fingerprint density at radius 2 is 2.07 bits per heavy atom. The minimum atomic E-state index is -0.848. The minimum absolute atomic E-state index is 0.0418. The first kappa shape index (κ1) is 17.2. The number of aromatic nitrogens is 4.